The third-order valence-electron chi connectivity index (χ3n) is 3.75. The highest BCUT2D eigenvalue weighted by Crippen LogP contribution is 2.28. The Morgan fingerprint density at radius 2 is 1.77 bits per heavy atom. The van der Waals surface area contributed by atoms with Gasteiger partial charge in [0.05, 0.1) is 12.3 Å². The SMILES string of the molecule is CCOC(=O)c1nc(-c2ccc(Cl)cc2)c(Cc2ccc(Cl)cc2Cl)[nH]1. The molecule has 0 spiro atoms. The Kier molecular flexibility index (Phi) is 5.87. The summed E-state index contributed by atoms with van der Waals surface area (Å²) >= 11 is 18.2. The molecule has 4 nitrogen and oxygen atoms in total. The molecule has 7 heteroatoms. The minimum Gasteiger partial charge on any atom is -0.460 e. The molecule has 3 aromatic rings. The van der Waals surface area contributed by atoms with Crippen LogP contribution in [0.5, 0.6) is 0 Å². The Labute approximate surface area is 166 Å². The average molecular weight is 410 g/mol. The Balaban J connectivity index is 2.03. The number of esters is 1. The molecule has 0 atom stereocenters. The lowest BCUT2D eigenvalue weighted by Crippen LogP contribution is -2.06. The van der Waals surface area contributed by atoms with E-state index in [1.165, 1.54) is 0 Å². The smallest absolute Gasteiger partial charge is 0.374 e. The molecular formula is C19H15Cl3N2O2. The van der Waals surface area contributed by atoms with E-state index in [0.717, 1.165) is 16.8 Å². The van der Waals surface area contributed by atoms with Gasteiger partial charge < -0.3 is 9.72 Å². The standard InChI is InChI=1S/C19H15Cl3N2O2/c1-2-26-19(25)18-23-16(9-12-5-8-14(21)10-15(12)22)17(24-18)11-3-6-13(20)7-4-11/h3-8,10H,2,9H2,1H3,(H,23,24). The maximum atomic E-state index is 12.1. The summed E-state index contributed by atoms with van der Waals surface area (Å²) in [6.07, 6.45) is 0.459. The number of nitrogens with zero attached hydrogens (tertiary/aromatic N) is 1. The van der Waals surface area contributed by atoms with E-state index in [-0.39, 0.29) is 12.4 Å². The van der Waals surface area contributed by atoms with Crippen LogP contribution >= 0.6 is 34.8 Å². The van der Waals surface area contributed by atoms with Crippen molar-refractivity contribution >= 4 is 40.8 Å². The van der Waals surface area contributed by atoms with Gasteiger partial charge in [0.2, 0.25) is 5.82 Å². The number of aromatic nitrogens is 2. The van der Waals surface area contributed by atoms with Crippen LogP contribution in [0, 0.1) is 0 Å². The summed E-state index contributed by atoms with van der Waals surface area (Å²) in [5.74, 6) is -0.354. The van der Waals surface area contributed by atoms with Crippen molar-refractivity contribution < 1.29 is 9.53 Å². The Hall–Kier alpha value is -2.01. The fourth-order valence-corrected chi connectivity index (χ4v) is 3.14. The van der Waals surface area contributed by atoms with E-state index in [4.69, 9.17) is 39.5 Å². The maximum absolute atomic E-state index is 12.1. The van der Waals surface area contributed by atoms with Crippen molar-refractivity contribution in [2.75, 3.05) is 6.61 Å². The van der Waals surface area contributed by atoms with Crippen LogP contribution < -0.4 is 0 Å². The summed E-state index contributed by atoms with van der Waals surface area (Å²) in [4.78, 5) is 19.6. The van der Waals surface area contributed by atoms with Gasteiger partial charge in [0.15, 0.2) is 0 Å². The lowest BCUT2D eigenvalue weighted by Gasteiger charge is -2.06. The molecule has 0 saturated heterocycles. The molecule has 0 amide bonds. The molecule has 0 aliphatic rings. The number of carbonyl (C=O) groups is 1. The van der Waals surface area contributed by atoms with Gasteiger partial charge in [-0.25, -0.2) is 9.78 Å². The van der Waals surface area contributed by atoms with Gasteiger partial charge in [-0.15, -0.1) is 0 Å². The second-order valence-corrected chi connectivity index (χ2v) is 6.83. The highest BCUT2D eigenvalue weighted by Gasteiger charge is 2.19. The maximum Gasteiger partial charge on any atom is 0.374 e. The third-order valence-corrected chi connectivity index (χ3v) is 4.59. The lowest BCUT2D eigenvalue weighted by atomic mass is 10.0. The van der Waals surface area contributed by atoms with Crippen LogP contribution in [0.3, 0.4) is 0 Å². The van der Waals surface area contributed by atoms with Crippen molar-refractivity contribution in [1.82, 2.24) is 9.97 Å². The summed E-state index contributed by atoms with van der Waals surface area (Å²) in [5, 5.41) is 1.73. The van der Waals surface area contributed by atoms with E-state index in [1.807, 2.05) is 18.2 Å². The topological polar surface area (TPSA) is 55.0 Å². The molecule has 2 aromatic carbocycles. The van der Waals surface area contributed by atoms with Crippen LogP contribution in [-0.2, 0) is 11.2 Å². The molecule has 1 N–H and O–H groups in total. The zero-order valence-electron chi connectivity index (χ0n) is 13.9. The largest absolute Gasteiger partial charge is 0.460 e. The van der Waals surface area contributed by atoms with Gasteiger partial charge in [0.25, 0.3) is 0 Å². The lowest BCUT2D eigenvalue weighted by molar-refractivity contribution is 0.0513. The zero-order chi connectivity index (χ0) is 18.7. The van der Waals surface area contributed by atoms with Crippen molar-refractivity contribution in [3.63, 3.8) is 0 Å². The first-order valence-corrected chi connectivity index (χ1v) is 9.07. The predicted octanol–water partition coefficient (Wildman–Crippen LogP) is 5.80. The van der Waals surface area contributed by atoms with Gasteiger partial charge in [-0.2, -0.15) is 0 Å². The van der Waals surface area contributed by atoms with E-state index in [1.54, 1.807) is 31.2 Å². The summed E-state index contributed by atoms with van der Waals surface area (Å²) in [6.45, 7) is 2.02. The molecule has 0 aliphatic heterocycles. The van der Waals surface area contributed by atoms with Crippen molar-refractivity contribution in [2.24, 2.45) is 0 Å². The first-order chi connectivity index (χ1) is 12.5. The number of aromatic amines is 1. The number of halogens is 3. The quantitative estimate of drug-likeness (QED) is 0.541. The molecule has 1 heterocycles. The second kappa shape index (κ2) is 8.12. The van der Waals surface area contributed by atoms with Crippen molar-refractivity contribution in [1.29, 1.82) is 0 Å². The monoisotopic (exact) mass is 408 g/mol. The number of hydrogen-bond donors (Lipinski definition) is 1. The number of carbonyl (C=O) groups excluding carboxylic acids is 1. The summed E-state index contributed by atoms with van der Waals surface area (Å²) < 4.78 is 5.04. The van der Waals surface area contributed by atoms with E-state index < -0.39 is 5.97 Å². The van der Waals surface area contributed by atoms with Crippen LogP contribution in [0.1, 0.15) is 28.8 Å². The van der Waals surface area contributed by atoms with Gasteiger partial charge in [-0.05, 0) is 36.8 Å². The van der Waals surface area contributed by atoms with Gasteiger partial charge >= 0.3 is 5.97 Å². The Morgan fingerprint density at radius 1 is 1.08 bits per heavy atom. The van der Waals surface area contributed by atoms with Gasteiger partial charge in [0, 0.05) is 32.7 Å². The number of hydrogen-bond acceptors (Lipinski definition) is 3. The van der Waals surface area contributed by atoms with Crippen LogP contribution in [0.4, 0.5) is 0 Å². The van der Waals surface area contributed by atoms with Crippen LogP contribution in [0.25, 0.3) is 11.3 Å². The fraction of sp³-hybridized carbons (Fsp3) is 0.158. The Bertz CT molecular complexity index is 936. The molecule has 0 aliphatic carbocycles. The van der Waals surface area contributed by atoms with E-state index >= 15 is 0 Å². The predicted molar refractivity (Wildman–Crippen MR) is 104 cm³/mol. The molecule has 26 heavy (non-hydrogen) atoms. The molecule has 0 radical (unpaired) electrons. The highest BCUT2D eigenvalue weighted by atomic mass is 35.5. The molecule has 134 valence electrons. The molecule has 0 unspecified atom stereocenters. The second-order valence-electron chi connectivity index (χ2n) is 5.55. The fourth-order valence-electron chi connectivity index (χ4n) is 2.54. The minimum atomic E-state index is -0.504. The summed E-state index contributed by atoms with van der Waals surface area (Å²) in [7, 11) is 0. The number of benzene rings is 2. The van der Waals surface area contributed by atoms with Crippen LogP contribution in [-0.4, -0.2) is 22.5 Å². The van der Waals surface area contributed by atoms with Crippen molar-refractivity contribution in [3.8, 4) is 11.3 Å². The molecule has 0 fully saturated rings. The van der Waals surface area contributed by atoms with Crippen LogP contribution in [0.15, 0.2) is 42.5 Å². The van der Waals surface area contributed by atoms with E-state index in [9.17, 15) is 4.79 Å². The first kappa shape index (κ1) is 18.8. The molecule has 0 bridgehead atoms. The summed E-state index contributed by atoms with van der Waals surface area (Å²) in [6, 6.07) is 12.5. The van der Waals surface area contributed by atoms with Gasteiger partial charge in [-0.3, -0.25) is 0 Å². The molecule has 0 saturated carbocycles. The first-order valence-electron chi connectivity index (χ1n) is 7.93. The number of H-pyrrole nitrogens is 1. The van der Waals surface area contributed by atoms with Crippen molar-refractivity contribution in [3.05, 3.63) is 74.6 Å². The zero-order valence-corrected chi connectivity index (χ0v) is 16.1. The number of rotatable bonds is 5. The average Bonchev–Trinajstić information content (AvgIpc) is 3.02. The van der Waals surface area contributed by atoms with Gasteiger partial charge in [-0.1, -0.05) is 53.0 Å². The van der Waals surface area contributed by atoms with Gasteiger partial charge in [0.1, 0.15) is 0 Å². The minimum absolute atomic E-state index is 0.150. The number of nitrogens with one attached hydrogen (secondary N) is 1. The number of imidazole rings is 1. The van der Waals surface area contributed by atoms with E-state index in [0.29, 0.717) is 27.2 Å². The molecular weight excluding hydrogens is 395 g/mol. The third kappa shape index (κ3) is 4.21. The van der Waals surface area contributed by atoms with E-state index in [2.05, 4.69) is 9.97 Å². The van der Waals surface area contributed by atoms with Crippen LogP contribution in [0.2, 0.25) is 15.1 Å². The highest BCUT2D eigenvalue weighted by molar-refractivity contribution is 6.35. The van der Waals surface area contributed by atoms with Crippen molar-refractivity contribution in [2.45, 2.75) is 13.3 Å². The molecule has 1 aromatic heterocycles. The normalized spacial score (nSPS) is 10.8. The Morgan fingerprint density at radius 3 is 2.42 bits per heavy atom. The summed E-state index contributed by atoms with van der Waals surface area (Å²) in [5.41, 5.74) is 3.10. The molecule has 3 rings (SSSR count). The number of ether oxygens (including phenoxy) is 1.